The van der Waals surface area contributed by atoms with Crippen LogP contribution in [-0.2, 0) is 11.3 Å². The van der Waals surface area contributed by atoms with Crippen LogP contribution < -0.4 is 5.73 Å². The van der Waals surface area contributed by atoms with E-state index in [1.165, 1.54) is 6.33 Å². The van der Waals surface area contributed by atoms with Gasteiger partial charge < -0.3 is 5.73 Å². The first kappa shape index (κ1) is 14.7. The molecule has 0 bridgehead atoms. The molecular weight excluding hydrogens is 278 g/mol. The fraction of sp³-hybridized carbons (Fsp3) is 0.438. The maximum atomic E-state index is 12.1. The Morgan fingerprint density at radius 2 is 2.14 bits per heavy atom. The number of carbonyl (C=O) groups is 1. The zero-order valence-corrected chi connectivity index (χ0v) is 12.5. The summed E-state index contributed by atoms with van der Waals surface area (Å²) in [5, 5.41) is 4.18. The van der Waals surface area contributed by atoms with Crippen LogP contribution in [0.5, 0.6) is 0 Å². The number of rotatable bonds is 5. The number of piperidine rings is 1. The second kappa shape index (κ2) is 6.70. The monoisotopic (exact) mass is 299 g/mol. The van der Waals surface area contributed by atoms with Crippen LogP contribution >= 0.6 is 0 Å². The lowest BCUT2D eigenvalue weighted by Crippen LogP contribution is -2.48. The highest BCUT2D eigenvalue weighted by Gasteiger charge is 2.33. The van der Waals surface area contributed by atoms with Gasteiger partial charge in [0.05, 0.1) is 6.54 Å². The molecule has 2 unspecified atom stereocenters. The van der Waals surface area contributed by atoms with E-state index >= 15 is 0 Å². The Balaban J connectivity index is 1.85. The quantitative estimate of drug-likeness (QED) is 0.904. The van der Waals surface area contributed by atoms with E-state index < -0.39 is 0 Å². The smallest absolute Gasteiger partial charge is 0.239 e. The Bertz CT molecular complexity index is 598. The van der Waals surface area contributed by atoms with Gasteiger partial charge in [-0.25, -0.2) is 4.98 Å². The van der Waals surface area contributed by atoms with Crippen molar-refractivity contribution < 1.29 is 4.79 Å². The van der Waals surface area contributed by atoms with Gasteiger partial charge in [0.1, 0.15) is 18.7 Å². The van der Waals surface area contributed by atoms with Crippen molar-refractivity contribution >= 4 is 5.91 Å². The molecule has 2 heterocycles. The molecule has 3 rings (SSSR count). The summed E-state index contributed by atoms with van der Waals surface area (Å²) < 4.78 is 1.83. The topological polar surface area (TPSA) is 77.0 Å². The molecule has 2 N–H and O–H groups in total. The number of carbonyl (C=O) groups excluding carboxylic acids is 1. The minimum Gasteiger partial charge on any atom is -0.368 e. The Hall–Kier alpha value is -2.21. The maximum Gasteiger partial charge on any atom is 0.239 e. The largest absolute Gasteiger partial charge is 0.368 e. The SMILES string of the molecule is NC(=O)C(c1ccccc1)N1CCCCC1Cn1cncn1. The normalized spacial score (nSPS) is 20.6. The molecule has 1 aromatic carbocycles. The highest BCUT2D eigenvalue weighted by atomic mass is 16.1. The first-order valence-electron chi connectivity index (χ1n) is 7.68. The van der Waals surface area contributed by atoms with Crippen molar-refractivity contribution in [3.05, 3.63) is 48.5 Å². The van der Waals surface area contributed by atoms with Crippen LogP contribution in [-0.4, -0.2) is 38.2 Å². The van der Waals surface area contributed by atoms with Gasteiger partial charge in [-0.15, -0.1) is 0 Å². The Labute approximate surface area is 129 Å². The summed E-state index contributed by atoms with van der Waals surface area (Å²) in [6.45, 7) is 1.61. The number of likely N-dealkylation sites (tertiary alicyclic amines) is 1. The number of aromatic nitrogens is 3. The Kier molecular flexibility index (Phi) is 4.48. The molecular formula is C16H21N5O. The van der Waals surface area contributed by atoms with E-state index in [9.17, 15) is 4.79 Å². The summed E-state index contributed by atoms with van der Waals surface area (Å²) >= 11 is 0. The average molecular weight is 299 g/mol. The average Bonchev–Trinajstić information content (AvgIpc) is 3.03. The molecule has 6 nitrogen and oxygen atoms in total. The number of benzene rings is 1. The van der Waals surface area contributed by atoms with Gasteiger partial charge in [0.25, 0.3) is 0 Å². The van der Waals surface area contributed by atoms with Crippen molar-refractivity contribution in [2.45, 2.75) is 37.9 Å². The third kappa shape index (κ3) is 3.17. The standard InChI is InChI=1S/C16H21N5O/c17-16(22)15(13-6-2-1-3-7-13)21-9-5-4-8-14(21)10-20-12-18-11-19-20/h1-3,6-7,11-12,14-15H,4-5,8-10H2,(H2,17,22). The van der Waals surface area contributed by atoms with Crippen molar-refractivity contribution in [3.8, 4) is 0 Å². The lowest BCUT2D eigenvalue weighted by Gasteiger charge is -2.40. The second-order valence-corrected chi connectivity index (χ2v) is 5.72. The summed E-state index contributed by atoms with van der Waals surface area (Å²) in [5.74, 6) is -0.295. The zero-order chi connectivity index (χ0) is 15.4. The molecule has 6 heteroatoms. The maximum absolute atomic E-state index is 12.1. The number of primary amides is 1. The number of amides is 1. The van der Waals surface area contributed by atoms with Gasteiger partial charge in [0.15, 0.2) is 0 Å². The van der Waals surface area contributed by atoms with Gasteiger partial charge in [-0.1, -0.05) is 36.8 Å². The molecule has 2 aromatic rings. The van der Waals surface area contributed by atoms with Gasteiger partial charge in [0, 0.05) is 6.04 Å². The molecule has 0 saturated carbocycles. The molecule has 0 radical (unpaired) electrons. The van der Waals surface area contributed by atoms with E-state index in [2.05, 4.69) is 15.0 Å². The predicted molar refractivity (Wildman–Crippen MR) is 82.7 cm³/mol. The van der Waals surface area contributed by atoms with Crippen LogP contribution in [0, 0.1) is 0 Å². The number of hydrogen-bond donors (Lipinski definition) is 1. The van der Waals surface area contributed by atoms with E-state index in [1.54, 1.807) is 6.33 Å². The van der Waals surface area contributed by atoms with E-state index in [0.717, 1.165) is 37.9 Å². The number of nitrogens with zero attached hydrogens (tertiary/aromatic N) is 4. The highest BCUT2D eigenvalue weighted by molar-refractivity contribution is 5.81. The molecule has 0 spiro atoms. The molecule has 0 aliphatic carbocycles. The van der Waals surface area contributed by atoms with Crippen molar-refractivity contribution in [2.75, 3.05) is 6.54 Å². The predicted octanol–water partition coefficient (Wildman–Crippen LogP) is 1.36. The molecule has 116 valence electrons. The van der Waals surface area contributed by atoms with Crippen LogP contribution in [0.2, 0.25) is 0 Å². The van der Waals surface area contributed by atoms with Crippen LogP contribution in [0.3, 0.4) is 0 Å². The second-order valence-electron chi connectivity index (χ2n) is 5.72. The van der Waals surface area contributed by atoms with Crippen LogP contribution in [0.1, 0.15) is 30.9 Å². The first-order chi connectivity index (χ1) is 10.8. The van der Waals surface area contributed by atoms with Crippen molar-refractivity contribution in [2.24, 2.45) is 5.73 Å². The zero-order valence-electron chi connectivity index (χ0n) is 12.5. The van der Waals surface area contributed by atoms with Crippen molar-refractivity contribution in [1.82, 2.24) is 19.7 Å². The summed E-state index contributed by atoms with van der Waals surface area (Å²) in [4.78, 5) is 18.3. The molecule has 22 heavy (non-hydrogen) atoms. The summed E-state index contributed by atoms with van der Waals surface area (Å²) in [5.41, 5.74) is 6.68. The molecule has 1 saturated heterocycles. The molecule has 1 aromatic heterocycles. The number of nitrogens with two attached hydrogens (primary N) is 1. The molecule has 1 fully saturated rings. The fourth-order valence-corrected chi connectivity index (χ4v) is 3.26. The summed E-state index contributed by atoms with van der Waals surface area (Å²) in [6, 6.07) is 9.64. The van der Waals surface area contributed by atoms with Crippen LogP contribution in [0.15, 0.2) is 43.0 Å². The molecule has 2 atom stereocenters. The first-order valence-corrected chi connectivity index (χ1v) is 7.68. The third-order valence-corrected chi connectivity index (χ3v) is 4.25. The minimum absolute atomic E-state index is 0.244. The number of hydrogen-bond acceptors (Lipinski definition) is 4. The van der Waals surface area contributed by atoms with Crippen LogP contribution in [0.4, 0.5) is 0 Å². The van der Waals surface area contributed by atoms with E-state index in [4.69, 9.17) is 5.73 Å². The molecule has 1 aliphatic heterocycles. The van der Waals surface area contributed by atoms with Gasteiger partial charge in [0.2, 0.25) is 5.91 Å². The van der Waals surface area contributed by atoms with Gasteiger partial charge >= 0.3 is 0 Å². The Morgan fingerprint density at radius 3 is 2.82 bits per heavy atom. The van der Waals surface area contributed by atoms with Crippen LogP contribution in [0.25, 0.3) is 0 Å². The van der Waals surface area contributed by atoms with E-state index in [0.29, 0.717) is 0 Å². The molecule has 1 aliphatic rings. The fourth-order valence-electron chi connectivity index (χ4n) is 3.26. The summed E-state index contributed by atoms with van der Waals surface area (Å²) in [6.07, 6.45) is 6.54. The Morgan fingerprint density at radius 1 is 1.32 bits per heavy atom. The summed E-state index contributed by atoms with van der Waals surface area (Å²) in [7, 11) is 0. The van der Waals surface area contributed by atoms with Gasteiger partial charge in [-0.05, 0) is 24.9 Å². The van der Waals surface area contributed by atoms with Crippen molar-refractivity contribution in [3.63, 3.8) is 0 Å². The van der Waals surface area contributed by atoms with Gasteiger partial charge in [-0.2, -0.15) is 5.10 Å². The van der Waals surface area contributed by atoms with E-state index in [1.807, 2.05) is 35.0 Å². The lowest BCUT2D eigenvalue weighted by molar-refractivity contribution is -0.125. The van der Waals surface area contributed by atoms with E-state index in [-0.39, 0.29) is 18.0 Å². The molecule has 1 amide bonds. The van der Waals surface area contributed by atoms with Gasteiger partial charge in [-0.3, -0.25) is 14.4 Å². The third-order valence-electron chi connectivity index (χ3n) is 4.25. The lowest BCUT2D eigenvalue weighted by atomic mass is 9.96. The van der Waals surface area contributed by atoms with Crippen molar-refractivity contribution in [1.29, 1.82) is 0 Å². The highest BCUT2D eigenvalue weighted by Crippen LogP contribution is 2.29. The minimum atomic E-state index is -0.380.